The van der Waals surface area contributed by atoms with E-state index < -0.39 is 0 Å². The molecule has 116 valence electrons. The summed E-state index contributed by atoms with van der Waals surface area (Å²) in [5.74, 6) is 0.852. The first-order valence-electron chi connectivity index (χ1n) is 6.59. The SMILES string of the molecule is COc1ccc(NC(=S)Nc2ccc(C)cc2F)cc1OC. The van der Waals surface area contributed by atoms with Crippen LogP contribution in [-0.4, -0.2) is 19.3 Å². The monoisotopic (exact) mass is 320 g/mol. The number of aryl methyl sites for hydroxylation is 1. The molecule has 0 spiro atoms. The summed E-state index contributed by atoms with van der Waals surface area (Å²) in [6, 6.07) is 10.2. The van der Waals surface area contributed by atoms with Crippen LogP contribution in [0.2, 0.25) is 0 Å². The van der Waals surface area contributed by atoms with Crippen LogP contribution in [0.5, 0.6) is 11.5 Å². The fourth-order valence-corrected chi connectivity index (χ4v) is 2.15. The Balaban J connectivity index is 2.08. The molecule has 0 radical (unpaired) electrons. The average Bonchev–Trinajstić information content (AvgIpc) is 2.50. The van der Waals surface area contributed by atoms with E-state index in [0.717, 1.165) is 5.56 Å². The maximum Gasteiger partial charge on any atom is 0.175 e. The van der Waals surface area contributed by atoms with Gasteiger partial charge in [-0.15, -0.1) is 0 Å². The van der Waals surface area contributed by atoms with E-state index in [1.165, 1.54) is 6.07 Å². The van der Waals surface area contributed by atoms with Crippen LogP contribution in [0.4, 0.5) is 15.8 Å². The smallest absolute Gasteiger partial charge is 0.175 e. The number of halogens is 1. The van der Waals surface area contributed by atoms with Gasteiger partial charge in [-0.1, -0.05) is 6.07 Å². The lowest BCUT2D eigenvalue weighted by Crippen LogP contribution is -2.19. The highest BCUT2D eigenvalue weighted by Gasteiger charge is 2.07. The summed E-state index contributed by atoms with van der Waals surface area (Å²) >= 11 is 5.19. The summed E-state index contributed by atoms with van der Waals surface area (Å²) in [5, 5.41) is 6.09. The first-order chi connectivity index (χ1) is 10.5. The van der Waals surface area contributed by atoms with Crippen LogP contribution in [-0.2, 0) is 0 Å². The summed E-state index contributed by atoms with van der Waals surface area (Å²) in [6.45, 7) is 1.83. The van der Waals surface area contributed by atoms with Crippen LogP contribution in [0.15, 0.2) is 36.4 Å². The molecule has 2 aromatic rings. The molecule has 0 atom stereocenters. The fraction of sp³-hybridized carbons (Fsp3) is 0.188. The molecule has 0 bridgehead atoms. The van der Waals surface area contributed by atoms with Gasteiger partial charge < -0.3 is 20.1 Å². The van der Waals surface area contributed by atoms with Gasteiger partial charge in [0.2, 0.25) is 0 Å². The molecule has 0 saturated carbocycles. The van der Waals surface area contributed by atoms with E-state index in [2.05, 4.69) is 10.6 Å². The number of hydrogen-bond donors (Lipinski definition) is 2. The molecule has 0 aliphatic heterocycles. The lowest BCUT2D eigenvalue weighted by atomic mass is 10.2. The molecule has 22 heavy (non-hydrogen) atoms. The zero-order valence-corrected chi connectivity index (χ0v) is 13.4. The van der Waals surface area contributed by atoms with Gasteiger partial charge in [0, 0.05) is 11.8 Å². The van der Waals surface area contributed by atoms with Crippen LogP contribution < -0.4 is 20.1 Å². The second-order valence-electron chi connectivity index (χ2n) is 4.63. The van der Waals surface area contributed by atoms with Gasteiger partial charge >= 0.3 is 0 Å². The van der Waals surface area contributed by atoms with Gasteiger partial charge in [-0.25, -0.2) is 4.39 Å². The van der Waals surface area contributed by atoms with Crippen molar-refractivity contribution in [3.8, 4) is 11.5 Å². The molecular weight excluding hydrogens is 303 g/mol. The molecule has 0 unspecified atom stereocenters. The number of hydrogen-bond acceptors (Lipinski definition) is 3. The Labute approximate surface area is 134 Å². The Hall–Kier alpha value is -2.34. The van der Waals surface area contributed by atoms with E-state index in [1.807, 2.05) is 13.0 Å². The topological polar surface area (TPSA) is 42.5 Å². The Morgan fingerprint density at radius 1 is 1.00 bits per heavy atom. The van der Waals surface area contributed by atoms with E-state index >= 15 is 0 Å². The van der Waals surface area contributed by atoms with Crippen LogP contribution in [0.1, 0.15) is 5.56 Å². The van der Waals surface area contributed by atoms with Crippen molar-refractivity contribution in [2.24, 2.45) is 0 Å². The number of rotatable bonds is 4. The second-order valence-corrected chi connectivity index (χ2v) is 5.04. The van der Waals surface area contributed by atoms with Gasteiger partial charge in [0.1, 0.15) is 5.82 Å². The third-order valence-corrected chi connectivity index (χ3v) is 3.22. The van der Waals surface area contributed by atoms with Crippen LogP contribution >= 0.6 is 12.2 Å². The van der Waals surface area contributed by atoms with Gasteiger partial charge in [-0.05, 0) is 49.0 Å². The van der Waals surface area contributed by atoms with E-state index in [-0.39, 0.29) is 10.9 Å². The minimum atomic E-state index is -0.350. The third kappa shape index (κ3) is 3.85. The molecule has 0 amide bonds. The number of ether oxygens (including phenoxy) is 2. The third-order valence-electron chi connectivity index (χ3n) is 3.01. The minimum Gasteiger partial charge on any atom is -0.493 e. The van der Waals surface area contributed by atoms with Crippen LogP contribution in [0.25, 0.3) is 0 Å². The summed E-state index contributed by atoms with van der Waals surface area (Å²) in [5.41, 5.74) is 1.88. The molecule has 2 rings (SSSR count). The lowest BCUT2D eigenvalue weighted by Gasteiger charge is -2.13. The first kappa shape index (κ1) is 16.0. The number of anilines is 2. The Bertz CT molecular complexity index is 692. The average molecular weight is 320 g/mol. The summed E-state index contributed by atoms with van der Waals surface area (Å²) in [7, 11) is 3.12. The summed E-state index contributed by atoms with van der Waals surface area (Å²) in [6.07, 6.45) is 0. The zero-order valence-electron chi connectivity index (χ0n) is 12.6. The van der Waals surface area contributed by atoms with E-state index in [9.17, 15) is 4.39 Å². The molecule has 6 heteroatoms. The van der Waals surface area contributed by atoms with Gasteiger partial charge in [-0.3, -0.25) is 0 Å². The normalized spacial score (nSPS) is 10.0. The fourth-order valence-electron chi connectivity index (χ4n) is 1.92. The van der Waals surface area contributed by atoms with E-state index in [4.69, 9.17) is 21.7 Å². The second kappa shape index (κ2) is 7.09. The molecule has 0 fully saturated rings. The van der Waals surface area contributed by atoms with Crippen molar-refractivity contribution in [2.75, 3.05) is 24.9 Å². The van der Waals surface area contributed by atoms with Crippen molar-refractivity contribution in [1.29, 1.82) is 0 Å². The zero-order chi connectivity index (χ0) is 16.1. The van der Waals surface area contributed by atoms with E-state index in [0.29, 0.717) is 22.9 Å². The molecule has 2 N–H and O–H groups in total. The summed E-state index contributed by atoms with van der Waals surface area (Å²) < 4.78 is 24.2. The maximum absolute atomic E-state index is 13.8. The molecule has 4 nitrogen and oxygen atoms in total. The standard InChI is InChI=1S/C16H17FN2O2S/c1-10-4-6-13(12(17)8-10)19-16(22)18-11-5-7-14(20-2)15(9-11)21-3/h4-9H,1-3H3,(H2,18,19,22). The maximum atomic E-state index is 13.8. The first-order valence-corrected chi connectivity index (χ1v) is 7.00. The molecule has 2 aromatic carbocycles. The number of methoxy groups -OCH3 is 2. The molecule has 0 heterocycles. The van der Waals surface area contributed by atoms with Crippen molar-refractivity contribution >= 4 is 28.7 Å². The molecule has 0 aliphatic carbocycles. The van der Waals surface area contributed by atoms with Gasteiger partial charge in [0.05, 0.1) is 19.9 Å². The van der Waals surface area contributed by atoms with Crippen LogP contribution in [0.3, 0.4) is 0 Å². The minimum absolute atomic E-state index is 0.287. The quantitative estimate of drug-likeness (QED) is 0.835. The van der Waals surface area contributed by atoms with Crippen molar-refractivity contribution in [1.82, 2.24) is 0 Å². The predicted molar refractivity (Wildman–Crippen MR) is 90.5 cm³/mol. The number of thiocarbonyl (C=S) groups is 1. The highest BCUT2D eigenvalue weighted by atomic mass is 32.1. The van der Waals surface area contributed by atoms with Crippen molar-refractivity contribution in [3.63, 3.8) is 0 Å². The molecular formula is C16H17FN2O2S. The summed E-state index contributed by atoms with van der Waals surface area (Å²) in [4.78, 5) is 0. The van der Waals surface area contributed by atoms with E-state index in [1.54, 1.807) is 38.5 Å². The van der Waals surface area contributed by atoms with Crippen molar-refractivity contribution in [3.05, 3.63) is 47.8 Å². The highest BCUT2D eigenvalue weighted by molar-refractivity contribution is 7.80. The van der Waals surface area contributed by atoms with Gasteiger partial charge in [-0.2, -0.15) is 0 Å². The lowest BCUT2D eigenvalue weighted by molar-refractivity contribution is 0.355. The Kier molecular flexibility index (Phi) is 5.16. The molecule has 0 aliphatic rings. The largest absolute Gasteiger partial charge is 0.493 e. The Morgan fingerprint density at radius 2 is 1.73 bits per heavy atom. The molecule has 0 aromatic heterocycles. The van der Waals surface area contributed by atoms with Crippen molar-refractivity contribution < 1.29 is 13.9 Å². The number of nitrogens with one attached hydrogen (secondary N) is 2. The number of benzene rings is 2. The van der Waals surface area contributed by atoms with Crippen LogP contribution in [0, 0.1) is 12.7 Å². The Morgan fingerprint density at radius 3 is 2.36 bits per heavy atom. The predicted octanol–water partition coefficient (Wildman–Crippen LogP) is 3.96. The van der Waals surface area contributed by atoms with Gasteiger partial charge in [0.15, 0.2) is 16.6 Å². The van der Waals surface area contributed by atoms with Crippen molar-refractivity contribution in [2.45, 2.75) is 6.92 Å². The highest BCUT2D eigenvalue weighted by Crippen LogP contribution is 2.29. The molecule has 0 saturated heterocycles. The van der Waals surface area contributed by atoms with Gasteiger partial charge in [0.25, 0.3) is 0 Å².